The van der Waals surface area contributed by atoms with Crippen LogP contribution < -0.4 is 9.47 Å². The van der Waals surface area contributed by atoms with E-state index in [2.05, 4.69) is 150 Å². The second-order valence-electron chi connectivity index (χ2n) is 20.8. The van der Waals surface area contributed by atoms with Crippen molar-refractivity contribution in [1.29, 1.82) is 0 Å². The predicted molar refractivity (Wildman–Crippen MR) is 207 cm³/mol. The molecule has 3 aliphatic heterocycles. The number of rotatable bonds is 9. The highest BCUT2D eigenvalue weighted by Crippen LogP contribution is 2.56. The Hall–Kier alpha value is -2.70. The summed E-state index contributed by atoms with van der Waals surface area (Å²) < 4.78 is 21.8. The number of ether oxygens (including phenoxy) is 2. The van der Waals surface area contributed by atoms with Crippen molar-refractivity contribution in [3.63, 3.8) is 0 Å². The highest BCUT2D eigenvalue weighted by molar-refractivity contribution is 5.84. The van der Waals surface area contributed by atoms with Gasteiger partial charge < -0.3 is 18.4 Å². The third kappa shape index (κ3) is 6.57. The first kappa shape index (κ1) is 37.1. The van der Waals surface area contributed by atoms with Gasteiger partial charge in [0.1, 0.15) is 0 Å². The Morgan fingerprint density at radius 1 is 0.700 bits per heavy atom. The van der Waals surface area contributed by atoms with Crippen molar-refractivity contribution in [2.45, 2.75) is 141 Å². The van der Waals surface area contributed by atoms with Crippen LogP contribution >= 0.6 is 0 Å². The number of fused-ring (bicyclic) bond motifs is 5. The molecule has 6 rings (SSSR count). The Morgan fingerprint density at radius 2 is 1.24 bits per heavy atom. The Labute approximate surface area is 305 Å². The molecule has 0 N–H and O–H groups in total. The standard InChI is InChI=1S/C44H70N4O2/c1-40(2,3)36-28-35-31-46-43(8)24-16-15-23-42(43,7)45-30-34-27-33(32(19-17-25-47(9,10)11)20-18-26-48(12,13)14)21-22-38(34)49-44(45,46)50-39(35)37(29-36)41(4,5)6/h21-22,27-32H,15-20,23-26H2,1-14H3/q+4/t42-,43-,44?/m0/s1. The van der Waals surface area contributed by atoms with Crippen molar-refractivity contribution < 1.29 is 27.6 Å². The maximum atomic E-state index is 7.46. The van der Waals surface area contributed by atoms with E-state index in [1.165, 1.54) is 79.4 Å². The fourth-order valence-electron chi connectivity index (χ4n) is 9.16. The molecule has 50 heavy (non-hydrogen) atoms. The summed E-state index contributed by atoms with van der Waals surface area (Å²) in [6.07, 6.45) is 14.3. The minimum Gasteiger partial charge on any atom is -0.341 e. The lowest BCUT2D eigenvalue weighted by Gasteiger charge is -2.33. The smallest absolute Gasteiger partial charge is 0.341 e. The molecule has 2 aromatic rings. The van der Waals surface area contributed by atoms with Crippen LogP contribution in [0.1, 0.15) is 140 Å². The number of hydrogen-bond donors (Lipinski definition) is 0. The molecule has 1 saturated heterocycles. The van der Waals surface area contributed by atoms with Crippen LogP contribution in [0.5, 0.6) is 11.5 Å². The summed E-state index contributed by atoms with van der Waals surface area (Å²) in [5.41, 5.74) is 5.98. The van der Waals surface area contributed by atoms with Crippen LogP contribution in [0, 0.1) is 0 Å². The van der Waals surface area contributed by atoms with E-state index in [9.17, 15) is 0 Å². The largest absolute Gasteiger partial charge is 0.705 e. The van der Waals surface area contributed by atoms with Gasteiger partial charge in [0.15, 0.2) is 23.9 Å². The second kappa shape index (κ2) is 12.2. The zero-order valence-corrected chi connectivity index (χ0v) is 34.3. The van der Waals surface area contributed by atoms with E-state index in [1.807, 2.05) is 0 Å². The minimum atomic E-state index is -1.08. The van der Waals surface area contributed by atoms with Gasteiger partial charge >= 0.3 is 6.03 Å². The lowest BCUT2D eigenvalue weighted by Crippen LogP contribution is -2.61. The summed E-state index contributed by atoms with van der Waals surface area (Å²) in [6, 6.07) is 10.7. The monoisotopic (exact) mass is 687 g/mol. The van der Waals surface area contributed by atoms with Crippen molar-refractivity contribution in [3.05, 3.63) is 58.1 Å². The van der Waals surface area contributed by atoms with Crippen LogP contribution in [0.15, 0.2) is 30.3 Å². The minimum absolute atomic E-state index is 0.0275. The van der Waals surface area contributed by atoms with E-state index in [0.717, 1.165) is 33.3 Å². The van der Waals surface area contributed by atoms with E-state index < -0.39 is 6.03 Å². The molecule has 0 radical (unpaired) electrons. The second-order valence-corrected chi connectivity index (χ2v) is 20.8. The van der Waals surface area contributed by atoms with Gasteiger partial charge in [0.25, 0.3) is 0 Å². The average molecular weight is 687 g/mol. The molecule has 1 spiro atoms. The van der Waals surface area contributed by atoms with Gasteiger partial charge in [-0.05, 0) is 84.6 Å². The predicted octanol–water partition coefficient (Wildman–Crippen LogP) is 8.40. The maximum absolute atomic E-state index is 7.46. The molecule has 3 heterocycles. The summed E-state index contributed by atoms with van der Waals surface area (Å²) in [5, 5.41) is 0. The highest BCUT2D eigenvalue weighted by Gasteiger charge is 2.86. The Kier molecular flexibility index (Phi) is 9.03. The molecule has 1 saturated carbocycles. The van der Waals surface area contributed by atoms with Gasteiger partial charge in [-0.25, -0.2) is 0 Å². The Bertz CT molecular complexity index is 1670. The topological polar surface area (TPSA) is 24.5 Å². The fourth-order valence-corrected chi connectivity index (χ4v) is 9.16. The Morgan fingerprint density at radius 3 is 1.74 bits per heavy atom. The van der Waals surface area contributed by atoms with E-state index >= 15 is 0 Å². The first-order valence-corrected chi connectivity index (χ1v) is 19.6. The van der Waals surface area contributed by atoms with Gasteiger partial charge in [-0.3, -0.25) is 0 Å². The number of benzene rings is 2. The van der Waals surface area contributed by atoms with Crippen LogP contribution in [0.4, 0.5) is 0 Å². The summed E-state index contributed by atoms with van der Waals surface area (Å²) in [7, 11) is 13.9. The summed E-state index contributed by atoms with van der Waals surface area (Å²) in [4.78, 5) is 0. The molecule has 2 aromatic carbocycles. The molecule has 274 valence electrons. The van der Waals surface area contributed by atoms with Crippen molar-refractivity contribution in [3.8, 4) is 11.5 Å². The summed E-state index contributed by atoms with van der Waals surface area (Å²) in [5.74, 6) is 2.41. The first-order valence-electron chi connectivity index (χ1n) is 19.6. The molecular weight excluding hydrogens is 617 g/mol. The first-order chi connectivity index (χ1) is 23.0. The molecule has 3 atom stereocenters. The molecule has 0 aromatic heterocycles. The van der Waals surface area contributed by atoms with E-state index in [1.54, 1.807) is 0 Å². The third-order valence-corrected chi connectivity index (χ3v) is 12.5. The normalized spacial score (nSPS) is 26.1. The van der Waals surface area contributed by atoms with Gasteiger partial charge in [0, 0.05) is 32.3 Å². The van der Waals surface area contributed by atoms with Crippen molar-refractivity contribution >= 4 is 12.4 Å². The van der Waals surface area contributed by atoms with Gasteiger partial charge in [0.05, 0.1) is 66.5 Å². The summed E-state index contributed by atoms with van der Waals surface area (Å²) in [6.45, 7) is 21.2. The van der Waals surface area contributed by atoms with Crippen LogP contribution in [0.25, 0.3) is 0 Å². The van der Waals surface area contributed by atoms with Gasteiger partial charge in [-0.15, -0.1) is 0 Å². The molecule has 6 heteroatoms. The van der Waals surface area contributed by atoms with E-state index in [4.69, 9.17) is 9.47 Å². The van der Waals surface area contributed by atoms with Crippen LogP contribution in [-0.4, -0.2) is 103 Å². The van der Waals surface area contributed by atoms with Crippen molar-refractivity contribution in [1.82, 2.24) is 0 Å². The molecule has 4 aliphatic rings. The molecule has 1 unspecified atom stereocenters. The molecular formula is C44H70N4O2+4. The van der Waals surface area contributed by atoms with E-state index in [0.29, 0.717) is 5.92 Å². The zero-order valence-electron chi connectivity index (χ0n) is 34.3. The quantitative estimate of drug-likeness (QED) is 0.196. The number of hydrogen-bond acceptors (Lipinski definition) is 2. The van der Waals surface area contributed by atoms with Crippen LogP contribution in [-0.2, 0) is 10.8 Å². The fraction of sp³-hybridized carbons (Fsp3) is 0.682. The lowest BCUT2D eigenvalue weighted by atomic mass is 9.69. The van der Waals surface area contributed by atoms with Crippen LogP contribution in [0.3, 0.4) is 0 Å². The molecule has 0 bridgehead atoms. The highest BCUT2D eigenvalue weighted by atomic mass is 16.7. The zero-order chi connectivity index (χ0) is 36.7. The van der Waals surface area contributed by atoms with Gasteiger partial charge in [-0.1, -0.05) is 62.8 Å². The van der Waals surface area contributed by atoms with Crippen molar-refractivity contribution in [2.24, 2.45) is 0 Å². The van der Waals surface area contributed by atoms with E-state index in [-0.39, 0.29) is 21.9 Å². The van der Waals surface area contributed by atoms with Crippen LogP contribution in [0.2, 0.25) is 0 Å². The lowest BCUT2D eigenvalue weighted by molar-refractivity contribution is -0.876. The van der Waals surface area contributed by atoms with Gasteiger partial charge in [0.2, 0.25) is 11.1 Å². The average Bonchev–Trinajstić information content (AvgIpc) is 3.14. The number of nitrogens with zero attached hydrogens (tertiary/aromatic N) is 4. The molecule has 2 fully saturated rings. The molecule has 1 aliphatic carbocycles. The number of quaternary nitrogens is 2. The Balaban J connectivity index is 1.46. The van der Waals surface area contributed by atoms with Crippen molar-refractivity contribution in [2.75, 3.05) is 55.4 Å². The SMILES string of the molecule is CC(C)(C)c1cc2c(c(C(C)(C)C)c1)OC13Oc4ccc(C(CCC[N+](C)(C)C)CCC[N+](C)(C)C)cc4C=[N+]1[C@@]1(C)CCCC[C@]1(C)[N+]3=C2. The molecule has 6 nitrogen and oxygen atoms in total. The molecule has 0 amide bonds. The maximum Gasteiger partial charge on any atom is 0.705 e. The summed E-state index contributed by atoms with van der Waals surface area (Å²) >= 11 is 0. The van der Waals surface area contributed by atoms with Gasteiger partial charge in [-0.2, -0.15) is 0 Å². The third-order valence-electron chi connectivity index (χ3n) is 12.5.